The molecule has 0 unspecified atom stereocenters. The molecule has 3 aromatic rings. The smallest absolute Gasteiger partial charge is 0.239 e. The van der Waals surface area contributed by atoms with Gasteiger partial charge in [-0.25, -0.2) is 13.1 Å². The number of aromatic nitrogens is 2. The fourth-order valence-corrected chi connectivity index (χ4v) is 5.97. The van der Waals surface area contributed by atoms with Crippen molar-refractivity contribution in [3.05, 3.63) is 54.0 Å². The summed E-state index contributed by atoms with van der Waals surface area (Å²) >= 11 is 1.50. The molecule has 1 aliphatic carbocycles. The van der Waals surface area contributed by atoms with Crippen molar-refractivity contribution in [1.29, 1.82) is 0 Å². The molecule has 0 atom stereocenters. The summed E-state index contributed by atoms with van der Waals surface area (Å²) in [5, 5.41) is 6.58. The molecule has 4 rings (SSSR count). The van der Waals surface area contributed by atoms with Gasteiger partial charge in [0.1, 0.15) is 10.6 Å². The molecular weight excluding hydrogens is 378 g/mol. The molecular formula is C20H23N3O2S2. The van der Waals surface area contributed by atoms with Crippen LogP contribution in [0.15, 0.2) is 58.9 Å². The summed E-state index contributed by atoms with van der Waals surface area (Å²) in [6.45, 7) is 0. The van der Waals surface area contributed by atoms with Gasteiger partial charge in [-0.05, 0) is 36.4 Å². The number of rotatable bonds is 5. The number of nitrogens with zero attached hydrogens (tertiary/aromatic N) is 3. The quantitative estimate of drug-likeness (QED) is 0.630. The summed E-state index contributed by atoms with van der Waals surface area (Å²) in [4.78, 5) is 1.14. The van der Waals surface area contributed by atoms with Gasteiger partial charge >= 0.3 is 0 Å². The lowest BCUT2D eigenvalue weighted by molar-refractivity contribution is 0.286. The maximum Gasteiger partial charge on any atom is 0.246 e. The number of benzene rings is 1. The molecule has 1 saturated carbocycles. The van der Waals surface area contributed by atoms with Crippen molar-refractivity contribution in [2.45, 2.75) is 43.0 Å². The van der Waals surface area contributed by atoms with Gasteiger partial charge in [-0.1, -0.05) is 43.5 Å². The molecule has 5 nitrogen and oxygen atoms in total. The number of hydrogen-bond donors (Lipinski definition) is 0. The van der Waals surface area contributed by atoms with Crippen LogP contribution < -0.4 is 0 Å². The lowest BCUT2D eigenvalue weighted by atomic mass is 9.96. The third-order valence-electron chi connectivity index (χ3n) is 5.20. The van der Waals surface area contributed by atoms with E-state index in [9.17, 15) is 8.42 Å². The zero-order valence-corrected chi connectivity index (χ0v) is 16.9. The Kier molecular flexibility index (Phi) is 5.16. The first-order valence-electron chi connectivity index (χ1n) is 9.24. The predicted molar refractivity (Wildman–Crippen MR) is 109 cm³/mol. The van der Waals surface area contributed by atoms with Gasteiger partial charge < -0.3 is 0 Å². The molecule has 0 N–H and O–H groups in total. The van der Waals surface area contributed by atoms with Gasteiger partial charge in [-0.3, -0.25) is 0 Å². The monoisotopic (exact) mass is 401 g/mol. The fraction of sp³-hybridized carbons (Fsp3) is 0.350. The van der Waals surface area contributed by atoms with E-state index < -0.39 is 10.0 Å². The van der Waals surface area contributed by atoms with Crippen LogP contribution in [0.2, 0.25) is 0 Å². The Hall–Kier alpha value is -1.96. The number of para-hydroxylation sites is 1. The second kappa shape index (κ2) is 7.58. The predicted octanol–water partition coefficient (Wildman–Crippen LogP) is 4.55. The lowest BCUT2D eigenvalue weighted by Crippen LogP contribution is -2.38. The first-order valence-corrected chi connectivity index (χ1v) is 11.6. The van der Waals surface area contributed by atoms with E-state index in [1.165, 1.54) is 17.8 Å². The van der Waals surface area contributed by atoms with Crippen LogP contribution in [0.1, 0.15) is 32.1 Å². The summed E-state index contributed by atoms with van der Waals surface area (Å²) in [5.74, 6) is 0. The third kappa shape index (κ3) is 3.59. The van der Waals surface area contributed by atoms with Gasteiger partial charge in [-0.15, -0.1) is 11.3 Å². The number of sulfonamides is 1. The molecule has 2 aromatic heterocycles. The Morgan fingerprint density at radius 1 is 1.07 bits per heavy atom. The molecule has 0 bridgehead atoms. The number of hydrogen-bond acceptors (Lipinski definition) is 4. The Labute approximate surface area is 164 Å². The second-order valence-electron chi connectivity index (χ2n) is 6.91. The van der Waals surface area contributed by atoms with Crippen LogP contribution in [-0.4, -0.2) is 35.6 Å². The van der Waals surface area contributed by atoms with Crippen LogP contribution in [-0.2, 0) is 10.0 Å². The van der Waals surface area contributed by atoms with E-state index in [4.69, 9.17) is 0 Å². The Balaban J connectivity index is 1.79. The third-order valence-corrected chi connectivity index (χ3v) is 7.99. The highest BCUT2D eigenvalue weighted by atomic mass is 32.2. The largest absolute Gasteiger partial charge is 0.246 e. The minimum atomic E-state index is -3.63. The first-order chi connectivity index (χ1) is 13.1. The molecule has 0 aliphatic heterocycles. The molecule has 1 aromatic carbocycles. The van der Waals surface area contributed by atoms with Crippen LogP contribution >= 0.6 is 11.3 Å². The molecule has 1 aliphatic rings. The Morgan fingerprint density at radius 2 is 1.81 bits per heavy atom. The Bertz CT molecular complexity index is 989. The summed E-state index contributed by atoms with van der Waals surface area (Å²) in [5.41, 5.74) is 1.37. The van der Waals surface area contributed by atoms with Crippen LogP contribution in [0.4, 0.5) is 0 Å². The zero-order valence-electron chi connectivity index (χ0n) is 15.3. The maximum atomic E-state index is 13.5. The van der Waals surface area contributed by atoms with Gasteiger partial charge in [-0.2, -0.15) is 9.40 Å². The molecule has 2 heterocycles. The van der Waals surface area contributed by atoms with Gasteiger partial charge in [0.05, 0.1) is 16.8 Å². The van der Waals surface area contributed by atoms with Gasteiger partial charge in [0, 0.05) is 13.1 Å². The van der Waals surface area contributed by atoms with E-state index >= 15 is 0 Å². The highest BCUT2D eigenvalue weighted by Crippen LogP contribution is 2.34. The van der Waals surface area contributed by atoms with Crippen molar-refractivity contribution in [3.8, 4) is 16.3 Å². The normalized spacial score (nSPS) is 16.1. The van der Waals surface area contributed by atoms with Gasteiger partial charge in [0.2, 0.25) is 10.0 Å². The van der Waals surface area contributed by atoms with Crippen LogP contribution in [0, 0.1) is 0 Å². The van der Waals surface area contributed by atoms with Crippen molar-refractivity contribution in [3.63, 3.8) is 0 Å². The SMILES string of the molecule is CN(C1CCCCC1)S(=O)(=O)c1cn(-c2ccccc2)nc1-c1cccs1. The second-order valence-corrected chi connectivity index (χ2v) is 9.83. The van der Waals surface area contributed by atoms with Crippen molar-refractivity contribution < 1.29 is 8.42 Å². The molecule has 0 spiro atoms. The summed E-state index contributed by atoms with van der Waals surface area (Å²) < 4.78 is 30.2. The highest BCUT2D eigenvalue weighted by Gasteiger charge is 2.33. The standard InChI is InChI=1S/C20H23N3O2S2/c1-22(16-9-4-2-5-10-16)27(24,25)19-15-23(17-11-6-3-7-12-17)21-20(19)18-13-8-14-26-18/h3,6-8,11-16H,2,4-5,9-10H2,1H3. The summed E-state index contributed by atoms with van der Waals surface area (Å²) in [6.07, 6.45) is 6.88. The van der Waals surface area contributed by atoms with Crippen molar-refractivity contribution >= 4 is 21.4 Å². The molecule has 1 fully saturated rings. The van der Waals surface area contributed by atoms with Crippen molar-refractivity contribution in [2.24, 2.45) is 0 Å². The number of thiophene rings is 1. The van der Waals surface area contributed by atoms with Crippen molar-refractivity contribution in [2.75, 3.05) is 7.05 Å². The molecule has 7 heteroatoms. The van der Waals surface area contributed by atoms with E-state index in [2.05, 4.69) is 5.10 Å². The van der Waals surface area contributed by atoms with Gasteiger partial charge in [0.15, 0.2) is 0 Å². The minimum Gasteiger partial charge on any atom is -0.239 e. The summed E-state index contributed by atoms with van der Waals surface area (Å²) in [6, 6.07) is 13.5. The zero-order chi connectivity index (χ0) is 18.9. The molecule has 27 heavy (non-hydrogen) atoms. The lowest BCUT2D eigenvalue weighted by Gasteiger charge is -2.30. The fourth-order valence-electron chi connectivity index (χ4n) is 3.64. The topological polar surface area (TPSA) is 55.2 Å². The maximum absolute atomic E-state index is 13.5. The molecule has 142 valence electrons. The van der Waals surface area contributed by atoms with Gasteiger partial charge in [0.25, 0.3) is 0 Å². The molecule has 0 saturated heterocycles. The first kappa shape index (κ1) is 18.4. The van der Waals surface area contributed by atoms with Crippen LogP contribution in [0.25, 0.3) is 16.3 Å². The van der Waals surface area contributed by atoms with E-state index in [0.717, 1.165) is 36.2 Å². The average molecular weight is 402 g/mol. The summed E-state index contributed by atoms with van der Waals surface area (Å²) in [7, 11) is -1.91. The van der Waals surface area contributed by atoms with Crippen LogP contribution in [0.3, 0.4) is 0 Å². The molecule has 0 radical (unpaired) electrons. The highest BCUT2D eigenvalue weighted by molar-refractivity contribution is 7.89. The van der Waals surface area contributed by atoms with E-state index in [-0.39, 0.29) is 10.9 Å². The molecule has 0 amide bonds. The van der Waals surface area contributed by atoms with Crippen molar-refractivity contribution in [1.82, 2.24) is 14.1 Å². The van der Waals surface area contributed by atoms with E-state index in [0.29, 0.717) is 5.69 Å². The van der Waals surface area contributed by atoms with E-state index in [1.807, 2.05) is 47.8 Å². The van der Waals surface area contributed by atoms with E-state index in [1.54, 1.807) is 22.2 Å². The Morgan fingerprint density at radius 3 is 2.48 bits per heavy atom. The average Bonchev–Trinajstić information content (AvgIpc) is 3.38. The minimum absolute atomic E-state index is 0.0695. The van der Waals surface area contributed by atoms with Crippen LogP contribution in [0.5, 0.6) is 0 Å².